The van der Waals surface area contributed by atoms with Gasteiger partial charge in [-0.2, -0.15) is 0 Å². The van der Waals surface area contributed by atoms with E-state index in [2.05, 4.69) is 27.2 Å². The molecular weight excluding hydrogens is 216 g/mol. The number of aliphatic hydroxyl groups excluding tert-OH is 1. The first-order chi connectivity index (χ1) is 8.29. The highest BCUT2D eigenvalue weighted by Gasteiger charge is 2.19. The molecule has 1 aromatic heterocycles. The lowest BCUT2D eigenvalue weighted by Crippen LogP contribution is -2.30. The van der Waals surface area contributed by atoms with Crippen LogP contribution >= 0.6 is 0 Å². The first kappa shape index (κ1) is 12.3. The van der Waals surface area contributed by atoms with Gasteiger partial charge in [0.05, 0.1) is 6.61 Å². The molecule has 1 aromatic rings. The van der Waals surface area contributed by atoms with Crippen LogP contribution in [0.4, 0.5) is 5.95 Å². The molecule has 0 saturated carbocycles. The van der Waals surface area contributed by atoms with Gasteiger partial charge >= 0.3 is 0 Å². The maximum absolute atomic E-state index is 8.69. The Morgan fingerprint density at radius 2 is 2.24 bits per heavy atom. The van der Waals surface area contributed by atoms with E-state index in [-0.39, 0.29) is 6.61 Å². The first-order valence-electron chi connectivity index (χ1n) is 6.15. The van der Waals surface area contributed by atoms with Crippen LogP contribution in [0.15, 0.2) is 12.4 Å². The molecule has 1 atom stereocenters. The third-order valence-corrected chi connectivity index (χ3v) is 3.16. The Labute approximate surface area is 102 Å². The summed E-state index contributed by atoms with van der Waals surface area (Å²) in [5.74, 6) is 1.15. The van der Waals surface area contributed by atoms with Crippen LogP contribution < -0.4 is 5.32 Å². The molecule has 5 nitrogen and oxygen atoms in total. The van der Waals surface area contributed by atoms with Gasteiger partial charge in [0, 0.05) is 25.5 Å². The Hall–Kier alpha value is -1.20. The Kier molecular flexibility index (Phi) is 4.28. The molecule has 5 heteroatoms. The molecule has 0 spiro atoms. The Balaban J connectivity index is 1.96. The van der Waals surface area contributed by atoms with E-state index in [1.165, 1.54) is 24.9 Å². The smallest absolute Gasteiger partial charge is 0.222 e. The summed E-state index contributed by atoms with van der Waals surface area (Å²) in [6, 6.07) is 0. The van der Waals surface area contributed by atoms with Crippen molar-refractivity contribution in [3.8, 4) is 0 Å². The molecule has 0 radical (unpaired) electrons. The number of anilines is 1. The molecule has 2 heterocycles. The summed E-state index contributed by atoms with van der Waals surface area (Å²) in [6.07, 6.45) is 6.26. The number of rotatable bonds is 4. The predicted molar refractivity (Wildman–Crippen MR) is 67.1 cm³/mol. The van der Waals surface area contributed by atoms with Gasteiger partial charge in [0.1, 0.15) is 0 Å². The minimum Gasteiger partial charge on any atom is -0.395 e. The van der Waals surface area contributed by atoms with Crippen molar-refractivity contribution in [3.63, 3.8) is 0 Å². The minimum absolute atomic E-state index is 0.0958. The quantitative estimate of drug-likeness (QED) is 0.805. The lowest BCUT2D eigenvalue weighted by atomic mass is 9.93. The number of likely N-dealkylation sites (tertiary alicyclic amines) is 1. The van der Waals surface area contributed by atoms with Crippen molar-refractivity contribution in [1.29, 1.82) is 0 Å². The van der Waals surface area contributed by atoms with E-state index < -0.39 is 0 Å². The average Bonchev–Trinajstić information content (AvgIpc) is 2.37. The van der Waals surface area contributed by atoms with Crippen molar-refractivity contribution in [2.45, 2.75) is 18.8 Å². The fourth-order valence-corrected chi connectivity index (χ4v) is 2.25. The summed E-state index contributed by atoms with van der Waals surface area (Å²) < 4.78 is 0. The van der Waals surface area contributed by atoms with Crippen molar-refractivity contribution >= 4 is 5.95 Å². The summed E-state index contributed by atoms with van der Waals surface area (Å²) in [6.45, 7) is 2.87. The van der Waals surface area contributed by atoms with Crippen molar-refractivity contribution < 1.29 is 5.11 Å². The number of nitrogens with one attached hydrogen (secondary N) is 1. The topological polar surface area (TPSA) is 61.3 Å². The standard InChI is InChI=1S/C12H20N4O/c1-16-5-2-3-10(9-16)11-7-14-12(15-8-11)13-4-6-17/h7-8,10,17H,2-6,9H2,1H3,(H,13,14,15). The molecule has 0 aliphatic carbocycles. The summed E-state index contributed by atoms with van der Waals surface area (Å²) >= 11 is 0. The van der Waals surface area contributed by atoms with Crippen molar-refractivity contribution in [1.82, 2.24) is 14.9 Å². The molecule has 94 valence electrons. The fraction of sp³-hybridized carbons (Fsp3) is 0.667. The van der Waals surface area contributed by atoms with Crippen LogP contribution in [0.5, 0.6) is 0 Å². The van der Waals surface area contributed by atoms with Gasteiger partial charge < -0.3 is 15.3 Å². The van der Waals surface area contributed by atoms with E-state index in [0.29, 0.717) is 18.4 Å². The van der Waals surface area contributed by atoms with Gasteiger partial charge in [-0.25, -0.2) is 9.97 Å². The van der Waals surface area contributed by atoms with Gasteiger partial charge in [-0.1, -0.05) is 0 Å². The minimum atomic E-state index is 0.0958. The normalized spacial score (nSPS) is 21.4. The van der Waals surface area contributed by atoms with Gasteiger partial charge in [0.15, 0.2) is 0 Å². The highest BCUT2D eigenvalue weighted by molar-refractivity contribution is 5.26. The predicted octanol–water partition coefficient (Wildman–Crippen LogP) is 0.690. The molecule has 0 amide bonds. The van der Waals surface area contributed by atoms with Crippen molar-refractivity contribution in [3.05, 3.63) is 18.0 Å². The molecule has 1 unspecified atom stereocenters. The second-order valence-corrected chi connectivity index (χ2v) is 4.59. The lowest BCUT2D eigenvalue weighted by molar-refractivity contribution is 0.250. The zero-order valence-electron chi connectivity index (χ0n) is 10.3. The molecular formula is C12H20N4O. The third kappa shape index (κ3) is 3.38. The molecule has 1 saturated heterocycles. The molecule has 0 bridgehead atoms. The van der Waals surface area contributed by atoms with Crippen molar-refractivity contribution in [2.75, 3.05) is 38.6 Å². The van der Waals surface area contributed by atoms with E-state index in [1.807, 2.05) is 12.4 Å². The van der Waals surface area contributed by atoms with Crippen LogP contribution in [0.2, 0.25) is 0 Å². The Bertz CT molecular complexity index is 341. The zero-order chi connectivity index (χ0) is 12.1. The Morgan fingerprint density at radius 1 is 1.47 bits per heavy atom. The molecule has 1 aliphatic heterocycles. The summed E-state index contributed by atoms with van der Waals surface area (Å²) in [5.41, 5.74) is 1.21. The number of aromatic nitrogens is 2. The molecule has 1 fully saturated rings. The maximum atomic E-state index is 8.69. The monoisotopic (exact) mass is 236 g/mol. The number of nitrogens with zero attached hydrogens (tertiary/aromatic N) is 3. The van der Waals surface area contributed by atoms with E-state index in [4.69, 9.17) is 5.11 Å². The Morgan fingerprint density at radius 3 is 2.88 bits per heavy atom. The number of likely N-dealkylation sites (N-methyl/N-ethyl adjacent to an activating group) is 1. The number of piperidine rings is 1. The largest absolute Gasteiger partial charge is 0.395 e. The highest BCUT2D eigenvalue weighted by atomic mass is 16.3. The first-order valence-corrected chi connectivity index (χ1v) is 6.15. The van der Waals surface area contributed by atoms with E-state index in [1.54, 1.807) is 0 Å². The summed E-state index contributed by atoms with van der Waals surface area (Å²) in [7, 11) is 2.16. The van der Waals surface area contributed by atoms with Gasteiger partial charge in [0.2, 0.25) is 5.95 Å². The number of hydrogen-bond acceptors (Lipinski definition) is 5. The second-order valence-electron chi connectivity index (χ2n) is 4.59. The van der Waals surface area contributed by atoms with Gasteiger partial charge in [-0.15, -0.1) is 0 Å². The van der Waals surface area contributed by atoms with Crippen LogP contribution in [0, 0.1) is 0 Å². The van der Waals surface area contributed by atoms with Gasteiger partial charge in [-0.05, 0) is 37.9 Å². The number of aliphatic hydroxyl groups is 1. The fourth-order valence-electron chi connectivity index (χ4n) is 2.25. The number of hydrogen-bond donors (Lipinski definition) is 2. The summed E-state index contributed by atoms with van der Waals surface area (Å²) in [5, 5.41) is 11.6. The van der Waals surface area contributed by atoms with E-state index in [9.17, 15) is 0 Å². The third-order valence-electron chi connectivity index (χ3n) is 3.16. The van der Waals surface area contributed by atoms with Crippen LogP contribution in [0.25, 0.3) is 0 Å². The van der Waals surface area contributed by atoms with Crippen molar-refractivity contribution in [2.24, 2.45) is 0 Å². The molecule has 2 rings (SSSR count). The lowest BCUT2D eigenvalue weighted by Gasteiger charge is -2.29. The van der Waals surface area contributed by atoms with Crippen LogP contribution in [0.1, 0.15) is 24.3 Å². The van der Waals surface area contributed by atoms with Gasteiger partial charge in [0.25, 0.3) is 0 Å². The van der Waals surface area contributed by atoms with Crippen LogP contribution in [-0.2, 0) is 0 Å². The average molecular weight is 236 g/mol. The summed E-state index contributed by atoms with van der Waals surface area (Å²) in [4.78, 5) is 10.9. The SMILES string of the molecule is CN1CCCC(c2cnc(NCCO)nc2)C1. The molecule has 2 N–H and O–H groups in total. The van der Waals surface area contributed by atoms with E-state index in [0.717, 1.165) is 6.54 Å². The van der Waals surface area contributed by atoms with Gasteiger partial charge in [-0.3, -0.25) is 0 Å². The molecule has 1 aliphatic rings. The second kappa shape index (κ2) is 5.93. The van der Waals surface area contributed by atoms with Crippen LogP contribution in [0.3, 0.4) is 0 Å². The van der Waals surface area contributed by atoms with Crippen LogP contribution in [-0.4, -0.2) is 53.3 Å². The molecule has 0 aromatic carbocycles. The molecule has 17 heavy (non-hydrogen) atoms. The zero-order valence-corrected chi connectivity index (χ0v) is 10.3. The van der Waals surface area contributed by atoms with E-state index >= 15 is 0 Å². The maximum Gasteiger partial charge on any atom is 0.222 e. The highest BCUT2D eigenvalue weighted by Crippen LogP contribution is 2.25.